The molecule has 5 heteroatoms. The molecule has 12 rings (SSSR count). The van der Waals surface area contributed by atoms with Crippen LogP contribution in [-0.2, 0) is 41.5 Å². The normalized spacial score (nSPS) is 11.3. The van der Waals surface area contributed by atoms with Crippen molar-refractivity contribution in [2.75, 3.05) is 0 Å². The first-order valence-electron chi connectivity index (χ1n) is 26.8. The molecule has 0 bridgehead atoms. The monoisotopic (exact) mass is 1190 g/mol. The van der Waals surface area contributed by atoms with Gasteiger partial charge in [-0.2, -0.15) is 18.2 Å². The largest absolute Gasteiger partial charge is 1.00 e. The number of rotatable bonds is 8. The summed E-state index contributed by atoms with van der Waals surface area (Å²) in [5.41, 5.74) is 24.8. The fraction of sp³-hybridized carbons (Fsp3) is 0.120. The Hall–Kier alpha value is -6.54. The van der Waals surface area contributed by atoms with E-state index in [0.717, 1.165) is 49.8 Å². The third-order valence-electron chi connectivity index (χ3n) is 14.5. The zero-order valence-corrected chi connectivity index (χ0v) is 51.4. The van der Waals surface area contributed by atoms with Crippen molar-refractivity contribution in [3.63, 3.8) is 0 Å². The minimum absolute atomic E-state index is 0. The summed E-state index contributed by atoms with van der Waals surface area (Å²) in [5.74, 6) is 0. The van der Waals surface area contributed by atoms with Crippen LogP contribution >= 0.6 is 23.2 Å². The molecule has 0 N–H and O–H groups in total. The van der Waals surface area contributed by atoms with Crippen molar-refractivity contribution in [2.45, 2.75) is 58.8 Å². The van der Waals surface area contributed by atoms with Crippen LogP contribution in [-0.4, -0.2) is 3.21 Å². The molecule has 0 unspecified atom stereocenters. The number of hydrogen-bond donors (Lipinski definition) is 0. The van der Waals surface area contributed by atoms with Crippen molar-refractivity contribution in [3.05, 3.63) is 304 Å². The molecule has 0 radical (unpaired) electrons. The summed E-state index contributed by atoms with van der Waals surface area (Å²) in [6.07, 6.45) is 0.889. The van der Waals surface area contributed by atoms with Gasteiger partial charge in [0.15, 0.2) is 0 Å². The molecule has 396 valence electrons. The average molecular weight is 1200 g/mol. The maximum Gasteiger partial charge on any atom is -0.172 e. The molecule has 0 atom stereocenters. The molecular formula is C75H62Cl4Zr-2. The van der Waals surface area contributed by atoms with E-state index in [0.29, 0.717) is 0 Å². The first-order chi connectivity index (χ1) is 37.7. The zero-order chi connectivity index (χ0) is 54.4. The van der Waals surface area contributed by atoms with Crippen LogP contribution in [0.3, 0.4) is 0 Å². The Balaban J connectivity index is 0.000000205. The predicted molar refractivity (Wildman–Crippen MR) is 332 cm³/mol. The Bertz CT molecular complexity index is 3590. The fourth-order valence-corrected chi connectivity index (χ4v) is 11.9. The van der Waals surface area contributed by atoms with Gasteiger partial charge < -0.3 is 24.8 Å². The number of fused-ring (bicyclic) bond motifs is 3. The van der Waals surface area contributed by atoms with E-state index in [-0.39, 0.29) is 35.6 Å². The third kappa shape index (κ3) is 13.4. The molecule has 0 saturated heterocycles. The molecule has 0 aromatic heterocycles. The van der Waals surface area contributed by atoms with Gasteiger partial charge >= 0.3 is 191 Å². The number of halogens is 4. The first-order valence-corrected chi connectivity index (χ1v) is 28.7. The van der Waals surface area contributed by atoms with Crippen molar-refractivity contribution in [3.8, 4) is 77.9 Å². The summed E-state index contributed by atoms with van der Waals surface area (Å²) in [5, 5.41) is 1.52. The second-order valence-corrected chi connectivity index (χ2v) is 24.0. The quantitative estimate of drug-likeness (QED) is 0.133. The fourth-order valence-electron chi connectivity index (χ4n) is 10.5. The Morgan fingerprint density at radius 1 is 0.388 bits per heavy atom. The van der Waals surface area contributed by atoms with E-state index in [2.05, 4.69) is 224 Å². The molecule has 0 aliphatic heterocycles. The van der Waals surface area contributed by atoms with Gasteiger partial charge in [-0.15, -0.1) is 28.8 Å². The zero-order valence-electron chi connectivity index (χ0n) is 46.0. The SMILES string of the molecule is CC(C)(C)c1cc2c([c-]c1-c1ccccc1-c1ccccc1)Cc1cc(-c3ccccc3-c3ccccc3)c(C(C)(C)C)cc1-2.Clc1cc([C](=[Zr+2])c2ccc(-c3ccccc3)c(Cl)c2)ccc1-c1ccccc1.[Cl-].[Cl-].c1cc[cH-]c1. The van der Waals surface area contributed by atoms with E-state index >= 15 is 0 Å². The van der Waals surface area contributed by atoms with Gasteiger partial charge in [0.05, 0.1) is 0 Å². The van der Waals surface area contributed by atoms with Gasteiger partial charge in [-0.05, 0) is 56.2 Å². The van der Waals surface area contributed by atoms with Crippen LogP contribution in [0.5, 0.6) is 0 Å². The van der Waals surface area contributed by atoms with Crippen molar-refractivity contribution in [1.82, 2.24) is 0 Å². The predicted octanol–water partition coefficient (Wildman–Crippen LogP) is 15.2. The summed E-state index contributed by atoms with van der Waals surface area (Å²) in [4.78, 5) is 0. The van der Waals surface area contributed by atoms with Gasteiger partial charge in [0, 0.05) is 0 Å². The molecule has 0 fully saturated rings. The minimum Gasteiger partial charge on any atom is -1.00 e. The molecule has 0 heterocycles. The van der Waals surface area contributed by atoms with Gasteiger partial charge in [-0.1, -0.05) is 185 Å². The van der Waals surface area contributed by atoms with Crippen LogP contribution < -0.4 is 24.8 Å². The van der Waals surface area contributed by atoms with Crippen molar-refractivity contribution in [2.24, 2.45) is 0 Å². The van der Waals surface area contributed by atoms with Gasteiger partial charge in [-0.25, -0.2) is 12.1 Å². The molecule has 11 aromatic rings. The van der Waals surface area contributed by atoms with Gasteiger partial charge in [0.25, 0.3) is 0 Å². The molecule has 0 nitrogen and oxygen atoms in total. The van der Waals surface area contributed by atoms with E-state index in [1.54, 1.807) is 0 Å². The van der Waals surface area contributed by atoms with Crippen molar-refractivity contribution in [1.29, 1.82) is 0 Å². The van der Waals surface area contributed by atoms with Crippen LogP contribution in [0.15, 0.2) is 255 Å². The van der Waals surface area contributed by atoms with E-state index in [9.17, 15) is 0 Å². The number of benzene rings is 10. The Labute approximate surface area is 512 Å². The second kappa shape index (κ2) is 26.4. The molecule has 1 aliphatic rings. The topological polar surface area (TPSA) is 0 Å². The summed E-state index contributed by atoms with van der Waals surface area (Å²) >= 11 is 14.5. The molecule has 80 heavy (non-hydrogen) atoms. The molecule has 0 spiro atoms. The molecule has 0 saturated carbocycles. The second-order valence-electron chi connectivity index (χ2n) is 22.0. The smallest absolute Gasteiger partial charge is 0.172 e. The van der Waals surface area contributed by atoms with Crippen LogP contribution in [0.4, 0.5) is 0 Å². The maximum absolute atomic E-state index is 6.60. The summed E-state index contributed by atoms with van der Waals surface area (Å²) < 4.78 is 1.23. The van der Waals surface area contributed by atoms with Gasteiger partial charge in [0.2, 0.25) is 0 Å². The Morgan fingerprint density at radius 2 is 0.775 bits per heavy atom. The first kappa shape index (κ1) is 59.6. The molecular weight excluding hydrogens is 1130 g/mol. The minimum atomic E-state index is -0.0468. The average Bonchev–Trinajstić information content (AvgIpc) is 4.35. The van der Waals surface area contributed by atoms with Gasteiger partial charge in [0.1, 0.15) is 0 Å². The van der Waals surface area contributed by atoms with Crippen LogP contribution in [0.25, 0.3) is 77.9 Å². The molecule has 1 aliphatic carbocycles. The van der Waals surface area contributed by atoms with Gasteiger partial charge in [-0.3, -0.25) is 0 Å². The summed E-state index contributed by atoms with van der Waals surface area (Å²) in [7, 11) is 0. The van der Waals surface area contributed by atoms with Crippen LogP contribution in [0, 0.1) is 6.07 Å². The summed E-state index contributed by atoms with van der Waals surface area (Å²) in [6.45, 7) is 14.0. The Morgan fingerprint density at radius 3 is 1.19 bits per heavy atom. The third-order valence-corrected chi connectivity index (χ3v) is 16.5. The van der Waals surface area contributed by atoms with E-state index in [1.807, 2.05) is 78.9 Å². The van der Waals surface area contributed by atoms with E-state index in [4.69, 9.17) is 23.2 Å². The summed E-state index contributed by atoms with van der Waals surface area (Å²) in [6, 6.07) is 93.7. The Kier molecular flexibility index (Phi) is 19.6. The standard InChI is InChI=1S/C45H41.C25H16Cl2.C5H5.2ClH.Zr/c1-44(2,3)42-28-38-32(26-40(42)36-23-15-13-21-34(36)30-17-9-7-10-18-30)25-33-27-41(43(29-39(33)38)45(4,5)6)37-24-16-14-22-35(37)31-19-11-8-12-20-31;26-24-16-18(11-13-22(24)20-7-3-1-4-8-20)15-19-12-14-23(25(27)17-19)21-9-5-2-6-10-21;1-2-4-5-3-1;;;/h7-24,26,28-29H,25H2,1-6H3;1-14,16-17H;1-5H;2*1H;/q-1;;-1;;;+2/p-2. The molecule has 0 amide bonds. The maximum atomic E-state index is 6.60. The van der Waals surface area contributed by atoms with E-state index in [1.165, 1.54) is 105 Å². The molecule has 11 aromatic carbocycles. The van der Waals surface area contributed by atoms with E-state index < -0.39 is 0 Å². The van der Waals surface area contributed by atoms with Crippen molar-refractivity contribution >= 4 is 26.4 Å². The van der Waals surface area contributed by atoms with Crippen molar-refractivity contribution < 1.29 is 49.0 Å². The van der Waals surface area contributed by atoms with Crippen LogP contribution in [0.1, 0.15) is 74.9 Å². The van der Waals surface area contributed by atoms with Crippen LogP contribution in [0.2, 0.25) is 10.0 Å². The number of hydrogen-bond acceptors (Lipinski definition) is 0.